The second-order valence-electron chi connectivity index (χ2n) is 13.4. The summed E-state index contributed by atoms with van der Waals surface area (Å²) in [5.74, 6) is -11.1. The number of carbonyl (C=O) groups excluding carboxylic acids is 5. The molecular formula is C35H48N10O16S2. The lowest BCUT2D eigenvalue weighted by molar-refractivity contribution is -0.140. The molecule has 346 valence electrons. The van der Waals surface area contributed by atoms with Crippen molar-refractivity contribution in [2.45, 2.75) is 80.1 Å². The second-order valence-corrected chi connectivity index (χ2v) is 15.9. The zero-order valence-electron chi connectivity index (χ0n) is 33.7. The van der Waals surface area contributed by atoms with Crippen LogP contribution in [0, 0.1) is 6.92 Å². The second kappa shape index (κ2) is 26.2. The highest BCUT2D eigenvalue weighted by atomic mass is 32.2. The number of aromatic nitrogens is 4. The molecule has 0 fully saturated rings. The number of hydrogen-bond donors (Lipinski definition) is 12. The number of rotatable bonds is 29. The third-order valence-corrected chi connectivity index (χ3v) is 11.0. The first-order chi connectivity index (χ1) is 29.6. The monoisotopic (exact) mass is 928 g/mol. The van der Waals surface area contributed by atoms with Gasteiger partial charge in [0.05, 0.1) is 29.5 Å². The molecule has 26 nitrogen and oxygen atoms in total. The van der Waals surface area contributed by atoms with Gasteiger partial charge in [0.15, 0.2) is 5.75 Å². The predicted octanol–water partition coefficient (Wildman–Crippen LogP) is -3.06. The van der Waals surface area contributed by atoms with Gasteiger partial charge >= 0.3 is 23.9 Å². The van der Waals surface area contributed by atoms with E-state index < -0.39 is 138 Å². The minimum absolute atomic E-state index is 0.0605. The molecule has 0 aliphatic carbocycles. The van der Waals surface area contributed by atoms with Gasteiger partial charge < -0.3 is 68.0 Å². The Morgan fingerprint density at radius 3 is 1.70 bits per heavy atom. The first-order valence-electron chi connectivity index (χ1n) is 18.6. The molecule has 2 aromatic rings. The van der Waals surface area contributed by atoms with E-state index in [2.05, 4.69) is 41.2 Å². The number of methoxy groups -OCH3 is 1. The number of Topliss-reactive ketones (excluding diaryl/α,β-unsaturated/α-hetero) is 1. The summed E-state index contributed by atoms with van der Waals surface area (Å²) in [4.78, 5) is 138. The zero-order valence-corrected chi connectivity index (χ0v) is 35.4. The fourth-order valence-corrected chi connectivity index (χ4v) is 7.61. The maximum atomic E-state index is 14.1. The van der Waals surface area contributed by atoms with Gasteiger partial charge in [0, 0.05) is 43.3 Å². The van der Waals surface area contributed by atoms with Crippen LogP contribution in [-0.4, -0.2) is 155 Å². The molecule has 2 heterocycles. The standard InChI is InChI=1S/C35H48N10O16S2/c1-15-41-19(9-27(50)42-15)23(62-13-20(31(55)39-11-28(51)52)43-25(48)5-3-17(36)34(57)58)7-16(46)8-24(30-38-10-22(47)33(45-30)61-2)63-14-21(32(56)40-12-29(53)54)44-26(49)6-4-18(37)35(59)60/h9-10,17-18,20-21,23-24,47H,3-8,11-14,36-37H2,1-2H3,(H,39,55)(H,40,56)(H,43,48)(H,44,49)(H,51,52)(H,53,54)(H,57,58)(H,59,60)(H,41,42,50)/t17-,18+,20-,21-,23?,24?/m0/s1. The van der Waals surface area contributed by atoms with E-state index in [0.717, 1.165) is 35.8 Å². The Morgan fingerprint density at radius 2 is 1.25 bits per heavy atom. The highest BCUT2D eigenvalue weighted by molar-refractivity contribution is 7.99. The summed E-state index contributed by atoms with van der Waals surface area (Å²) in [6, 6.07) is -4.62. The average Bonchev–Trinajstić information content (AvgIpc) is 3.21. The number of aliphatic carboxylic acids is 4. The summed E-state index contributed by atoms with van der Waals surface area (Å²) in [6.07, 6.45) is -1.37. The third-order valence-electron chi connectivity index (χ3n) is 8.33. The van der Waals surface area contributed by atoms with Crippen LogP contribution in [0.5, 0.6) is 11.6 Å². The van der Waals surface area contributed by atoms with Crippen molar-refractivity contribution in [3.05, 3.63) is 40.0 Å². The Kier molecular flexibility index (Phi) is 21.9. The van der Waals surface area contributed by atoms with Gasteiger partial charge in [0.2, 0.25) is 23.6 Å². The number of carboxylic acid groups (broad SMARTS) is 4. The molecule has 6 atom stereocenters. The van der Waals surface area contributed by atoms with Crippen molar-refractivity contribution in [1.29, 1.82) is 0 Å². The Hall–Kier alpha value is -6.39. The van der Waals surface area contributed by atoms with E-state index in [1.54, 1.807) is 0 Å². The van der Waals surface area contributed by atoms with Crippen LogP contribution in [0.3, 0.4) is 0 Å². The Morgan fingerprint density at radius 1 is 0.778 bits per heavy atom. The molecule has 2 unspecified atom stereocenters. The van der Waals surface area contributed by atoms with Gasteiger partial charge in [-0.3, -0.25) is 47.9 Å². The van der Waals surface area contributed by atoms with Crippen molar-refractivity contribution in [2.75, 3.05) is 31.7 Å². The summed E-state index contributed by atoms with van der Waals surface area (Å²) in [5, 5.41) is 53.5. The Labute approximate surface area is 365 Å². The summed E-state index contributed by atoms with van der Waals surface area (Å²) < 4.78 is 5.09. The number of aromatic amines is 1. The highest BCUT2D eigenvalue weighted by Crippen LogP contribution is 2.37. The van der Waals surface area contributed by atoms with Gasteiger partial charge in [0.25, 0.3) is 11.4 Å². The third kappa shape index (κ3) is 19.5. The van der Waals surface area contributed by atoms with Crippen molar-refractivity contribution in [2.24, 2.45) is 11.5 Å². The number of nitrogens with two attached hydrogens (primary N) is 2. The van der Waals surface area contributed by atoms with Crippen molar-refractivity contribution in [1.82, 2.24) is 41.2 Å². The van der Waals surface area contributed by atoms with Gasteiger partial charge in [-0.2, -0.15) is 4.98 Å². The minimum atomic E-state index is -1.47. The molecule has 0 bridgehead atoms. The van der Waals surface area contributed by atoms with Crippen LogP contribution in [0.15, 0.2) is 17.1 Å². The van der Waals surface area contributed by atoms with Crippen LogP contribution in [0.4, 0.5) is 0 Å². The largest absolute Gasteiger partial charge is 0.502 e. The molecule has 28 heteroatoms. The van der Waals surface area contributed by atoms with E-state index in [9.17, 15) is 53.1 Å². The fourth-order valence-electron chi connectivity index (χ4n) is 5.13. The number of aromatic hydroxyl groups is 1. The molecule has 14 N–H and O–H groups in total. The Bertz CT molecular complexity index is 2060. The fraction of sp³-hybridized carbons (Fsp3) is 0.514. The molecule has 0 saturated carbocycles. The number of ketones is 1. The van der Waals surface area contributed by atoms with E-state index in [1.807, 2.05) is 0 Å². The maximum Gasteiger partial charge on any atom is 0.322 e. The molecule has 0 saturated heterocycles. The summed E-state index contributed by atoms with van der Waals surface area (Å²) in [7, 11) is 1.19. The smallest absolute Gasteiger partial charge is 0.322 e. The van der Waals surface area contributed by atoms with Crippen LogP contribution in [0.25, 0.3) is 0 Å². The van der Waals surface area contributed by atoms with Gasteiger partial charge in [0.1, 0.15) is 54.7 Å². The first-order valence-corrected chi connectivity index (χ1v) is 20.7. The van der Waals surface area contributed by atoms with Gasteiger partial charge in [-0.25, -0.2) is 9.97 Å². The average molecular weight is 929 g/mol. The number of aryl methyl sites for hydroxylation is 1. The van der Waals surface area contributed by atoms with E-state index in [4.69, 9.17) is 36.6 Å². The van der Waals surface area contributed by atoms with Crippen LogP contribution >= 0.6 is 23.5 Å². The lowest BCUT2D eigenvalue weighted by Crippen LogP contribution is -2.49. The normalized spacial score (nSPS) is 13.8. The number of H-pyrrole nitrogens is 1. The number of carboxylic acids is 4. The minimum Gasteiger partial charge on any atom is -0.502 e. The first kappa shape index (κ1) is 52.7. The zero-order chi connectivity index (χ0) is 47.4. The number of nitrogens with one attached hydrogen (secondary N) is 5. The highest BCUT2D eigenvalue weighted by Gasteiger charge is 2.31. The number of ether oxygens (including phenoxy) is 1. The summed E-state index contributed by atoms with van der Waals surface area (Å²) >= 11 is 1.72. The lowest BCUT2D eigenvalue weighted by Gasteiger charge is -2.23. The van der Waals surface area contributed by atoms with E-state index in [-0.39, 0.29) is 47.6 Å². The molecule has 0 aromatic carbocycles. The SMILES string of the molecule is COc1nc(C(CC(=O)CC(SC[C@H](NC(=O)CC[C@H](N)C(=O)O)C(=O)NCC(=O)O)c2cc(=O)[nH]c(C)n2)SC[C@H](NC(=O)CC[C@@H](N)C(=O)O)C(=O)NCC(=O)O)ncc1O. The van der Waals surface area contributed by atoms with E-state index in [1.165, 1.54) is 14.0 Å². The lowest BCUT2D eigenvalue weighted by atomic mass is 10.1. The van der Waals surface area contributed by atoms with Gasteiger partial charge in [-0.15, -0.1) is 23.5 Å². The number of carbonyl (C=O) groups is 9. The molecule has 0 spiro atoms. The van der Waals surface area contributed by atoms with Crippen LogP contribution < -0.4 is 43.0 Å². The number of amides is 4. The van der Waals surface area contributed by atoms with E-state index >= 15 is 0 Å². The number of nitrogens with zero attached hydrogens (tertiary/aromatic N) is 3. The summed E-state index contributed by atoms with van der Waals surface area (Å²) in [5.41, 5.74) is 10.4. The molecule has 0 aliphatic heterocycles. The molecule has 63 heavy (non-hydrogen) atoms. The van der Waals surface area contributed by atoms with Gasteiger partial charge in [-0.1, -0.05) is 0 Å². The molecule has 0 aliphatic rings. The van der Waals surface area contributed by atoms with Crippen molar-refractivity contribution in [3.63, 3.8) is 0 Å². The number of hydrogen-bond acceptors (Lipinski definition) is 19. The molecule has 0 radical (unpaired) electrons. The van der Waals surface area contributed by atoms with Crippen molar-refractivity contribution < 1.29 is 73.4 Å². The van der Waals surface area contributed by atoms with Crippen LogP contribution in [0.2, 0.25) is 0 Å². The predicted molar refractivity (Wildman–Crippen MR) is 219 cm³/mol. The summed E-state index contributed by atoms with van der Waals surface area (Å²) in [6.45, 7) is -0.201. The number of thioether (sulfide) groups is 2. The van der Waals surface area contributed by atoms with Crippen LogP contribution in [-0.2, 0) is 43.2 Å². The van der Waals surface area contributed by atoms with Gasteiger partial charge in [-0.05, 0) is 19.8 Å². The van der Waals surface area contributed by atoms with Crippen molar-refractivity contribution in [3.8, 4) is 11.6 Å². The molecular weight excluding hydrogens is 881 g/mol. The molecule has 2 aromatic heterocycles. The van der Waals surface area contributed by atoms with E-state index in [0.29, 0.717) is 0 Å². The molecule has 2 rings (SSSR count). The van der Waals surface area contributed by atoms with Crippen molar-refractivity contribution >= 4 is 76.8 Å². The maximum absolute atomic E-state index is 14.1. The topological polar surface area (TPSA) is 436 Å². The quantitative estimate of drug-likeness (QED) is 0.0385. The van der Waals surface area contributed by atoms with Crippen LogP contribution in [0.1, 0.15) is 66.4 Å². The Balaban J connectivity index is 2.48. The molecule has 4 amide bonds.